The standard InChI is InChI=1S/C16H27N/c1-3-5-6-7-8-11-15(10-4-2)16-12-9-13-17-14-16/h9,12-15H,3-8,10-11H2,1-2H3. The Hall–Kier alpha value is -0.850. The molecule has 1 heterocycles. The number of nitrogens with zero attached hydrogens (tertiary/aromatic N) is 1. The Morgan fingerprint density at radius 2 is 1.82 bits per heavy atom. The van der Waals surface area contributed by atoms with E-state index in [4.69, 9.17) is 0 Å². The molecule has 1 rings (SSSR count). The first kappa shape index (κ1) is 14.2. The molecule has 1 heteroatoms. The first-order valence-electron chi connectivity index (χ1n) is 7.28. The first-order chi connectivity index (χ1) is 8.38. The van der Waals surface area contributed by atoms with Crippen molar-refractivity contribution in [1.29, 1.82) is 0 Å². The molecule has 0 saturated heterocycles. The van der Waals surface area contributed by atoms with Crippen molar-refractivity contribution in [3.05, 3.63) is 30.1 Å². The van der Waals surface area contributed by atoms with Gasteiger partial charge in [-0.3, -0.25) is 4.98 Å². The van der Waals surface area contributed by atoms with Gasteiger partial charge >= 0.3 is 0 Å². The lowest BCUT2D eigenvalue weighted by Crippen LogP contribution is -1.99. The van der Waals surface area contributed by atoms with Crippen LogP contribution in [0, 0.1) is 0 Å². The van der Waals surface area contributed by atoms with Crippen LogP contribution in [0.3, 0.4) is 0 Å². The maximum atomic E-state index is 4.25. The van der Waals surface area contributed by atoms with E-state index in [9.17, 15) is 0 Å². The Kier molecular flexibility index (Phi) is 7.70. The topological polar surface area (TPSA) is 12.9 Å². The van der Waals surface area contributed by atoms with Crippen molar-refractivity contribution in [1.82, 2.24) is 4.98 Å². The van der Waals surface area contributed by atoms with E-state index in [-0.39, 0.29) is 0 Å². The Morgan fingerprint density at radius 3 is 2.47 bits per heavy atom. The van der Waals surface area contributed by atoms with Crippen molar-refractivity contribution < 1.29 is 0 Å². The summed E-state index contributed by atoms with van der Waals surface area (Å²) in [5.41, 5.74) is 1.44. The van der Waals surface area contributed by atoms with Crippen LogP contribution in [0.1, 0.15) is 76.7 Å². The number of aromatic nitrogens is 1. The van der Waals surface area contributed by atoms with E-state index in [0.29, 0.717) is 0 Å². The van der Waals surface area contributed by atoms with E-state index in [2.05, 4.69) is 31.0 Å². The molecule has 96 valence electrons. The molecule has 0 radical (unpaired) electrons. The summed E-state index contributed by atoms with van der Waals surface area (Å²) in [5, 5.41) is 0. The Morgan fingerprint density at radius 1 is 1.00 bits per heavy atom. The van der Waals surface area contributed by atoms with Gasteiger partial charge in [0.1, 0.15) is 0 Å². The zero-order valence-electron chi connectivity index (χ0n) is 11.5. The van der Waals surface area contributed by atoms with Gasteiger partial charge in [-0.1, -0.05) is 58.4 Å². The molecule has 0 fully saturated rings. The van der Waals surface area contributed by atoms with E-state index >= 15 is 0 Å². The summed E-state index contributed by atoms with van der Waals surface area (Å²) in [5.74, 6) is 0.732. The van der Waals surface area contributed by atoms with E-state index < -0.39 is 0 Å². The zero-order valence-corrected chi connectivity index (χ0v) is 11.5. The molecule has 0 spiro atoms. The fourth-order valence-electron chi connectivity index (χ4n) is 2.44. The molecule has 0 saturated carbocycles. The number of hydrogen-bond acceptors (Lipinski definition) is 1. The van der Waals surface area contributed by atoms with Gasteiger partial charge in [0.05, 0.1) is 0 Å². The van der Waals surface area contributed by atoms with Crippen LogP contribution in [-0.4, -0.2) is 4.98 Å². The van der Waals surface area contributed by atoms with E-state index in [1.807, 2.05) is 12.4 Å². The molecule has 1 aromatic heterocycles. The highest BCUT2D eigenvalue weighted by molar-refractivity contribution is 5.14. The van der Waals surface area contributed by atoms with Crippen molar-refractivity contribution in [3.8, 4) is 0 Å². The molecular formula is C16H27N. The zero-order chi connectivity index (χ0) is 12.3. The van der Waals surface area contributed by atoms with Crippen molar-refractivity contribution >= 4 is 0 Å². The fourth-order valence-corrected chi connectivity index (χ4v) is 2.44. The third kappa shape index (κ3) is 5.86. The predicted molar refractivity (Wildman–Crippen MR) is 75.3 cm³/mol. The molecular weight excluding hydrogens is 206 g/mol. The van der Waals surface area contributed by atoms with Gasteiger partial charge in [-0.25, -0.2) is 0 Å². The number of unbranched alkanes of at least 4 members (excludes halogenated alkanes) is 4. The summed E-state index contributed by atoms with van der Waals surface area (Å²) in [6.45, 7) is 4.55. The van der Waals surface area contributed by atoms with Crippen LogP contribution < -0.4 is 0 Å². The summed E-state index contributed by atoms with van der Waals surface area (Å²) < 4.78 is 0. The highest BCUT2D eigenvalue weighted by Crippen LogP contribution is 2.26. The lowest BCUT2D eigenvalue weighted by Gasteiger charge is -2.16. The van der Waals surface area contributed by atoms with Crippen LogP contribution in [0.4, 0.5) is 0 Å². The lowest BCUT2D eigenvalue weighted by atomic mass is 9.90. The Bertz CT molecular complexity index is 268. The molecule has 0 aliphatic carbocycles. The number of pyridine rings is 1. The van der Waals surface area contributed by atoms with Crippen LogP contribution >= 0.6 is 0 Å². The van der Waals surface area contributed by atoms with Gasteiger partial charge in [-0.15, -0.1) is 0 Å². The summed E-state index contributed by atoms with van der Waals surface area (Å²) in [6.07, 6.45) is 14.7. The van der Waals surface area contributed by atoms with Crippen molar-refractivity contribution in [2.45, 2.75) is 71.1 Å². The van der Waals surface area contributed by atoms with Gasteiger partial charge in [-0.2, -0.15) is 0 Å². The molecule has 1 unspecified atom stereocenters. The van der Waals surface area contributed by atoms with Gasteiger partial charge in [-0.05, 0) is 30.4 Å². The van der Waals surface area contributed by atoms with Crippen LogP contribution in [-0.2, 0) is 0 Å². The molecule has 0 aliphatic rings. The van der Waals surface area contributed by atoms with E-state index in [1.165, 1.54) is 56.9 Å². The molecule has 17 heavy (non-hydrogen) atoms. The normalized spacial score (nSPS) is 12.6. The van der Waals surface area contributed by atoms with Gasteiger partial charge in [0, 0.05) is 12.4 Å². The molecule has 0 aliphatic heterocycles. The predicted octanol–water partition coefficient (Wildman–Crippen LogP) is 5.33. The summed E-state index contributed by atoms with van der Waals surface area (Å²) in [7, 11) is 0. The van der Waals surface area contributed by atoms with Gasteiger partial charge in [0.25, 0.3) is 0 Å². The van der Waals surface area contributed by atoms with E-state index in [1.54, 1.807) is 0 Å². The summed E-state index contributed by atoms with van der Waals surface area (Å²) in [4.78, 5) is 4.25. The maximum absolute atomic E-state index is 4.25. The Balaban J connectivity index is 2.33. The second-order valence-electron chi connectivity index (χ2n) is 4.97. The fraction of sp³-hybridized carbons (Fsp3) is 0.688. The average molecular weight is 233 g/mol. The monoisotopic (exact) mass is 233 g/mol. The van der Waals surface area contributed by atoms with Crippen molar-refractivity contribution in [3.63, 3.8) is 0 Å². The number of hydrogen-bond donors (Lipinski definition) is 0. The van der Waals surface area contributed by atoms with Crippen molar-refractivity contribution in [2.75, 3.05) is 0 Å². The van der Waals surface area contributed by atoms with Crippen LogP contribution in [0.25, 0.3) is 0 Å². The molecule has 0 amide bonds. The highest BCUT2D eigenvalue weighted by atomic mass is 14.6. The highest BCUT2D eigenvalue weighted by Gasteiger charge is 2.09. The molecule has 1 aromatic rings. The average Bonchev–Trinajstić information content (AvgIpc) is 2.38. The minimum Gasteiger partial charge on any atom is -0.264 e. The molecule has 0 aromatic carbocycles. The summed E-state index contributed by atoms with van der Waals surface area (Å²) >= 11 is 0. The third-order valence-corrected chi connectivity index (χ3v) is 3.45. The largest absolute Gasteiger partial charge is 0.264 e. The quantitative estimate of drug-likeness (QED) is 0.526. The smallest absolute Gasteiger partial charge is 0.0302 e. The third-order valence-electron chi connectivity index (χ3n) is 3.45. The van der Waals surface area contributed by atoms with E-state index in [0.717, 1.165) is 5.92 Å². The molecule has 1 nitrogen and oxygen atoms in total. The summed E-state index contributed by atoms with van der Waals surface area (Å²) in [6, 6.07) is 4.30. The first-order valence-corrected chi connectivity index (χ1v) is 7.28. The van der Waals surface area contributed by atoms with Crippen molar-refractivity contribution in [2.24, 2.45) is 0 Å². The van der Waals surface area contributed by atoms with Gasteiger partial charge in [0.2, 0.25) is 0 Å². The van der Waals surface area contributed by atoms with Gasteiger partial charge in [0.15, 0.2) is 0 Å². The van der Waals surface area contributed by atoms with Crippen LogP contribution in [0.15, 0.2) is 24.5 Å². The number of rotatable bonds is 9. The maximum Gasteiger partial charge on any atom is 0.0302 e. The lowest BCUT2D eigenvalue weighted by molar-refractivity contribution is 0.515. The van der Waals surface area contributed by atoms with Gasteiger partial charge < -0.3 is 0 Å². The SMILES string of the molecule is CCCCCCCC(CCC)c1cccnc1. The molecule has 0 bridgehead atoms. The minimum absolute atomic E-state index is 0.732. The molecule has 0 N–H and O–H groups in total. The second-order valence-corrected chi connectivity index (χ2v) is 4.97. The molecule has 1 atom stereocenters. The minimum atomic E-state index is 0.732. The van der Waals surface area contributed by atoms with Crippen LogP contribution in [0.5, 0.6) is 0 Å². The van der Waals surface area contributed by atoms with Crippen LogP contribution in [0.2, 0.25) is 0 Å². The second kappa shape index (κ2) is 9.21. The Labute approximate surface area is 107 Å².